The normalized spacial score (nSPS) is 22.7. The van der Waals surface area contributed by atoms with Gasteiger partial charge in [0, 0.05) is 6.42 Å². The van der Waals surface area contributed by atoms with E-state index in [1.807, 2.05) is 0 Å². The van der Waals surface area contributed by atoms with Crippen molar-refractivity contribution in [3.8, 4) is 0 Å². The van der Waals surface area contributed by atoms with Crippen molar-refractivity contribution in [1.82, 2.24) is 0 Å². The van der Waals surface area contributed by atoms with E-state index in [0.717, 1.165) is 0 Å². The molecule has 1 aliphatic carbocycles. The van der Waals surface area contributed by atoms with E-state index >= 15 is 0 Å². The van der Waals surface area contributed by atoms with Gasteiger partial charge in [-0.25, -0.2) is 0 Å². The zero-order chi connectivity index (χ0) is 11.7. The van der Waals surface area contributed by atoms with Gasteiger partial charge in [-0.3, -0.25) is 8.98 Å². The first kappa shape index (κ1) is 15.7. The fourth-order valence-corrected chi connectivity index (χ4v) is 1.88. The molecule has 0 N–H and O–H groups in total. The average Bonchev–Trinajstić information content (AvgIpc) is 2.06. The fourth-order valence-electron chi connectivity index (χ4n) is 1.26. The number of carbonyl (C=O) groups is 1. The van der Waals surface area contributed by atoms with Gasteiger partial charge in [0.25, 0.3) is 0 Å². The van der Waals surface area contributed by atoms with Crippen LogP contribution in [0.4, 0.5) is 13.2 Å². The topological polar surface area (TPSA) is 60.4 Å². The molecule has 0 aliphatic heterocycles. The zero-order valence-corrected chi connectivity index (χ0v) is 9.90. The second kappa shape index (κ2) is 5.37. The molecule has 0 aromatic rings. The summed E-state index contributed by atoms with van der Waals surface area (Å²) >= 11 is 0. The van der Waals surface area contributed by atoms with Crippen molar-refractivity contribution in [2.24, 2.45) is 0 Å². The largest absolute Gasteiger partial charge is 0.523 e. The molecule has 9 heteroatoms. The SMILES string of the molecule is O=C1CCCCC1OS(=O)(=O)C(F)(F)F.S. The second-order valence-corrected chi connectivity index (χ2v) is 4.76. The minimum absolute atomic E-state index is 0. The quantitative estimate of drug-likeness (QED) is 0.568. The molecule has 0 saturated heterocycles. The number of carbonyl (C=O) groups excluding carboxylic acids is 1. The number of alkyl halides is 3. The molecule has 16 heavy (non-hydrogen) atoms. The molecule has 0 amide bonds. The smallest absolute Gasteiger partial charge is 0.297 e. The van der Waals surface area contributed by atoms with Crippen LogP contribution in [0.2, 0.25) is 0 Å². The van der Waals surface area contributed by atoms with Crippen LogP contribution >= 0.6 is 13.5 Å². The predicted molar refractivity (Wildman–Crippen MR) is 53.7 cm³/mol. The highest BCUT2D eigenvalue weighted by Gasteiger charge is 2.49. The van der Waals surface area contributed by atoms with Crippen LogP contribution < -0.4 is 0 Å². The van der Waals surface area contributed by atoms with Crippen LogP contribution in [0.15, 0.2) is 0 Å². The van der Waals surface area contributed by atoms with E-state index in [2.05, 4.69) is 4.18 Å². The van der Waals surface area contributed by atoms with Crippen molar-refractivity contribution in [2.75, 3.05) is 0 Å². The van der Waals surface area contributed by atoms with Gasteiger partial charge in [-0.1, -0.05) is 0 Å². The van der Waals surface area contributed by atoms with Crippen molar-refractivity contribution >= 4 is 29.4 Å². The first-order valence-corrected chi connectivity index (χ1v) is 5.67. The Kier molecular flexibility index (Phi) is 5.27. The Hall–Kier alpha value is -0.280. The van der Waals surface area contributed by atoms with Crippen molar-refractivity contribution in [3.05, 3.63) is 0 Å². The van der Waals surface area contributed by atoms with E-state index in [4.69, 9.17) is 0 Å². The first-order chi connectivity index (χ1) is 6.74. The van der Waals surface area contributed by atoms with Crippen LogP contribution in [-0.4, -0.2) is 25.8 Å². The Bertz CT molecular complexity index is 349. The molecule has 0 aromatic carbocycles. The lowest BCUT2D eigenvalue weighted by atomic mass is 9.97. The highest BCUT2D eigenvalue weighted by molar-refractivity contribution is 7.87. The molecular weight excluding hydrogens is 269 g/mol. The minimum Gasteiger partial charge on any atom is -0.297 e. The number of hydrogen-bond donors (Lipinski definition) is 0. The summed E-state index contributed by atoms with van der Waals surface area (Å²) in [4.78, 5) is 11.0. The third kappa shape index (κ3) is 3.63. The maximum absolute atomic E-state index is 11.9. The van der Waals surface area contributed by atoms with Crippen LogP contribution in [0, 0.1) is 0 Å². The van der Waals surface area contributed by atoms with E-state index in [9.17, 15) is 26.4 Å². The van der Waals surface area contributed by atoms with E-state index in [0.29, 0.717) is 12.8 Å². The van der Waals surface area contributed by atoms with Crippen molar-refractivity contribution in [1.29, 1.82) is 0 Å². The third-order valence-corrected chi connectivity index (χ3v) is 3.08. The summed E-state index contributed by atoms with van der Waals surface area (Å²) in [6, 6.07) is 0. The molecule has 96 valence electrons. The molecule has 0 bridgehead atoms. The molecule has 0 heterocycles. The molecule has 1 atom stereocenters. The number of rotatable bonds is 2. The summed E-state index contributed by atoms with van der Waals surface area (Å²) < 4.78 is 60.7. The van der Waals surface area contributed by atoms with Crippen molar-refractivity contribution in [3.63, 3.8) is 0 Å². The summed E-state index contributed by atoms with van der Waals surface area (Å²) in [5.41, 5.74) is -5.47. The standard InChI is InChI=1S/C7H9F3O4S.H2S/c8-7(9,10)15(12,13)14-6-4-2-1-3-5(6)11;/h6H,1-4H2;1H2. The molecule has 1 saturated carbocycles. The van der Waals surface area contributed by atoms with Gasteiger partial charge in [-0.05, 0) is 19.3 Å². The van der Waals surface area contributed by atoms with Gasteiger partial charge >= 0.3 is 15.6 Å². The fraction of sp³-hybridized carbons (Fsp3) is 0.857. The molecule has 1 aliphatic rings. The zero-order valence-electron chi connectivity index (χ0n) is 8.08. The number of Topliss-reactive ketones (excluding diaryl/α,β-unsaturated/α-hetero) is 1. The lowest BCUT2D eigenvalue weighted by Gasteiger charge is -2.20. The first-order valence-electron chi connectivity index (χ1n) is 4.26. The Morgan fingerprint density at radius 3 is 2.25 bits per heavy atom. The van der Waals surface area contributed by atoms with Crippen LogP contribution in [0.5, 0.6) is 0 Å². The van der Waals surface area contributed by atoms with Gasteiger partial charge in [0.15, 0.2) is 5.78 Å². The lowest BCUT2D eigenvalue weighted by Crippen LogP contribution is -2.35. The number of hydrogen-bond acceptors (Lipinski definition) is 4. The van der Waals surface area contributed by atoms with Crippen molar-refractivity contribution < 1.29 is 30.6 Å². The van der Waals surface area contributed by atoms with Gasteiger partial charge < -0.3 is 0 Å². The van der Waals surface area contributed by atoms with E-state index in [1.54, 1.807) is 0 Å². The van der Waals surface area contributed by atoms with Gasteiger partial charge in [0.1, 0.15) is 6.10 Å². The molecule has 4 nitrogen and oxygen atoms in total. The lowest BCUT2D eigenvalue weighted by molar-refractivity contribution is -0.128. The molecule has 1 rings (SSSR count). The van der Waals surface area contributed by atoms with Gasteiger partial charge in [-0.2, -0.15) is 35.1 Å². The van der Waals surface area contributed by atoms with E-state index < -0.39 is 27.5 Å². The maximum Gasteiger partial charge on any atom is 0.523 e. The highest BCUT2D eigenvalue weighted by atomic mass is 32.2. The molecule has 0 radical (unpaired) electrons. The Balaban J connectivity index is 0.00000225. The summed E-state index contributed by atoms with van der Waals surface area (Å²) in [6.07, 6.45) is -0.328. The third-order valence-electron chi connectivity index (χ3n) is 2.02. The Morgan fingerprint density at radius 1 is 1.25 bits per heavy atom. The average molecular weight is 280 g/mol. The Morgan fingerprint density at radius 2 is 1.81 bits per heavy atom. The maximum atomic E-state index is 11.9. The van der Waals surface area contributed by atoms with Gasteiger partial charge in [0.2, 0.25) is 0 Å². The molecule has 0 spiro atoms. The van der Waals surface area contributed by atoms with Crippen LogP contribution in [0.1, 0.15) is 25.7 Å². The summed E-state index contributed by atoms with van der Waals surface area (Å²) in [7, 11) is -5.65. The van der Waals surface area contributed by atoms with Crippen LogP contribution in [0.3, 0.4) is 0 Å². The summed E-state index contributed by atoms with van der Waals surface area (Å²) in [6.45, 7) is 0. The summed E-state index contributed by atoms with van der Waals surface area (Å²) in [5, 5.41) is 0. The molecular formula is C7H11F3O4S2. The Labute approximate surface area is 97.7 Å². The summed E-state index contributed by atoms with van der Waals surface area (Å²) in [5.74, 6) is -0.589. The van der Waals surface area contributed by atoms with E-state index in [1.165, 1.54) is 0 Å². The van der Waals surface area contributed by atoms with Crippen LogP contribution in [-0.2, 0) is 19.1 Å². The molecule has 1 fully saturated rings. The minimum atomic E-state index is -5.65. The number of halogens is 3. The predicted octanol–water partition coefficient (Wildman–Crippen LogP) is 1.48. The number of ketones is 1. The highest BCUT2D eigenvalue weighted by Crippen LogP contribution is 2.28. The van der Waals surface area contributed by atoms with Crippen molar-refractivity contribution in [2.45, 2.75) is 37.3 Å². The van der Waals surface area contributed by atoms with E-state index in [-0.39, 0.29) is 26.3 Å². The molecule has 0 aromatic heterocycles. The second-order valence-electron chi connectivity index (χ2n) is 3.20. The van der Waals surface area contributed by atoms with Gasteiger partial charge in [0.05, 0.1) is 0 Å². The van der Waals surface area contributed by atoms with Crippen LogP contribution in [0.25, 0.3) is 0 Å². The molecule has 1 unspecified atom stereocenters. The van der Waals surface area contributed by atoms with Gasteiger partial charge in [-0.15, -0.1) is 0 Å². The monoisotopic (exact) mass is 280 g/mol.